The fourth-order valence-electron chi connectivity index (χ4n) is 3.20. The first-order chi connectivity index (χ1) is 13.8. The molecule has 28 heavy (non-hydrogen) atoms. The minimum absolute atomic E-state index is 0.183. The van der Waals surface area contributed by atoms with Gasteiger partial charge in [0.25, 0.3) is 0 Å². The quantitative estimate of drug-likeness (QED) is 0.360. The molecule has 1 aliphatic rings. The topological polar surface area (TPSA) is 80.1 Å². The van der Waals surface area contributed by atoms with Crippen LogP contribution in [0.25, 0.3) is 0 Å². The Bertz CT molecular complexity index is 522. The summed E-state index contributed by atoms with van der Waals surface area (Å²) in [5.74, 6) is 0.606. The molecule has 1 aromatic carbocycles. The molecule has 158 valence electrons. The van der Waals surface area contributed by atoms with Crippen LogP contribution in [0.3, 0.4) is 0 Å². The van der Waals surface area contributed by atoms with E-state index in [9.17, 15) is 4.79 Å². The molecule has 0 aromatic heterocycles. The molecule has 1 heterocycles. The molecule has 0 unspecified atom stereocenters. The van der Waals surface area contributed by atoms with Crippen LogP contribution >= 0.6 is 0 Å². The average molecular weight is 393 g/mol. The lowest BCUT2D eigenvalue weighted by atomic mass is 10.2. The molecule has 7 heteroatoms. The molecule has 0 bridgehead atoms. The van der Waals surface area contributed by atoms with Gasteiger partial charge in [-0.2, -0.15) is 0 Å². The second-order valence-corrected chi connectivity index (χ2v) is 7.06. The first-order valence-corrected chi connectivity index (χ1v) is 10.5. The number of ether oxygens (including phenoxy) is 2. The lowest BCUT2D eigenvalue weighted by Crippen LogP contribution is -2.47. The molecule has 1 aliphatic heterocycles. The molecule has 3 N–H and O–H groups in total. The predicted octanol–water partition coefficient (Wildman–Crippen LogP) is 0.945. The zero-order chi connectivity index (χ0) is 19.9. The first-order valence-electron chi connectivity index (χ1n) is 10.5. The normalized spacial score (nSPS) is 15.5. The number of esters is 1. The van der Waals surface area contributed by atoms with Crippen LogP contribution in [0.2, 0.25) is 0 Å². The van der Waals surface area contributed by atoms with Gasteiger partial charge in [-0.1, -0.05) is 18.2 Å². The van der Waals surface area contributed by atoms with Gasteiger partial charge in [0, 0.05) is 32.7 Å². The maximum atomic E-state index is 11.7. The average Bonchev–Trinajstić information content (AvgIpc) is 2.74. The third kappa shape index (κ3) is 10.0. The zero-order valence-corrected chi connectivity index (χ0v) is 17.0. The van der Waals surface area contributed by atoms with E-state index in [0.29, 0.717) is 19.6 Å². The maximum Gasteiger partial charge on any atom is 0.307 e. The van der Waals surface area contributed by atoms with Crippen molar-refractivity contribution in [3.05, 3.63) is 30.3 Å². The summed E-state index contributed by atoms with van der Waals surface area (Å²) in [4.78, 5) is 16.7. The summed E-state index contributed by atoms with van der Waals surface area (Å²) in [6.07, 6.45) is 2.58. The van der Waals surface area contributed by atoms with E-state index < -0.39 is 0 Å². The molecule has 0 radical (unpaired) electrons. The van der Waals surface area contributed by atoms with Crippen molar-refractivity contribution < 1.29 is 14.3 Å². The Kier molecular flexibility index (Phi) is 11.6. The number of hydrogen-bond acceptors (Lipinski definition) is 7. The minimum atomic E-state index is -0.183. The van der Waals surface area contributed by atoms with E-state index in [2.05, 4.69) is 15.1 Å². The number of nitrogens with two attached hydrogens (primary N) is 1. The molecule has 7 nitrogen and oxygen atoms in total. The molecule has 0 aliphatic carbocycles. The predicted molar refractivity (Wildman–Crippen MR) is 112 cm³/mol. The number of nitrogens with zero attached hydrogens (tertiary/aromatic N) is 2. The molecule has 1 saturated heterocycles. The molecule has 0 atom stereocenters. The van der Waals surface area contributed by atoms with Crippen molar-refractivity contribution >= 4 is 5.97 Å². The van der Waals surface area contributed by atoms with E-state index in [0.717, 1.165) is 70.9 Å². The Morgan fingerprint density at radius 2 is 1.64 bits per heavy atom. The number of para-hydroxylation sites is 1. The molecule has 0 spiro atoms. The molecule has 1 fully saturated rings. The van der Waals surface area contributed by atoms with Crippen LogP contribution in [-0.2, 0) is 9.53 Å². The van der Waals surface area contributed by atoms with E-state index >= 15 is 0 Å². The van der Waals surface area contributed by atoms with Gasteiger partial charge in [-0.25, -0.2) is 0 Å². The van der Waals surface area contributed by atoms with E-state index in [-0.39, 0.29) is 12.6 Å². The monoisotopic (exact) mass is 392 g/mol. The van der Waals surface area contributed by atoms with Crippen molar-refractivity contribution in [2.75, 3.05) is 72.1 Å². The largest absolute Gasteiger partial charge is 0.490 e. The molecular formula is C21H36N4O3. The highest BCUT2D eigenvalue weighted by molar-refractivity contribution is 5.69. The summed E-state index contributed by atoms with van der Waals surface area (Å²) >= 11 is 0. The Morgan fingerprint density at radius 1 is 0.964 bits per heavy atom. The van der Waals surface area contributed by atoms with Gasteiger partial charge in [0.1, 0.15) is 19.0 Å². The molecule has 0 amide bonds. The van der Waals surface area contributed by atoms with Crippen molar-refractivity contribution in [3.8, 4) is 5.75 Å². The van der Waals surface area contributed by atoms with Crippen molar-refractivity contribution in [2.24, 2.45) is 5.73 Å². The fourth-order valence-corrected chi connectivity index (χ4v) is 3.20. The molecule has 2 rings (SSSR count). The number of nitrogens with one attached hydrogen (secondary N) is 1. The van der Waals surface area contributed by atoms with Crippen molar-refractivity contribution in [2.45, 2.75) is 19.3 Å². The third-order valence-corrected chi connectivity index (χ3v) is 4.84. The van der Waals surface area contributed by atoms with Crippen molar-refractivity contribution in [1.29, 1.82) is 0 Å². The molecule has 1 aromatic rings. The highest BCUT2D eigenvalue weighted by atomic mass is 16.6. The summed E-state index contributed by atoms with van der Waals surface area (Å²) in [6, 6.07) is 9.53. The van der Waals surface area contributed by atoms with E-state index in [4.69, 9.17) is 15.2 Å². The lowest BCUT2D eigenvalue weighted by Gasteiger charge is -2.34. The van der Waals surface area contributed by atoms with E-state index in [1.807, 2.05) is 30.3 Å². The Balaban J connectivity index is 1.37. The fraction of sp³-hybridized carbons (Fsp3) is 0.667. The number of benzene rings is 1. The number of rotatable bonds is 14. The minimum Gasteiger partial charge on any atom is -0.490 e. The van der Waals surface area contributed by atoms with Gasteiger partial charge in [0.05, 0.1) is 6.42 Å². The second kappa shape index (κ2) is 14.3. The van der Waals surface area contributed by atoms with Gasteiger partial charge in [-0.15, -0.1) is 0 Å². The third-order valence-electron chi connectivity index (χ3n) is 4.84. The standard InChI is InChI=1S/C21H36N4O3/c22-9-4-12-24-14-16-25(17-15-24)13-5-10-23-11-8-21(26)28-19-18-27-20-6-2-1-3-7-20/h1-3,6-7,23H,4-5,8-19,22H2. The highest BCUT2D eigenvalue weighted by Gasteiger charge is 2.15. The lowest BCUT2D eigenvalue weighted by molar-refractivity contribution is -0.144. The molecular weight excluding hydrogens is 356 g/mol. The van der Waals surface area contributed by atoms with Gasteiger partial charge in [0.2, 0.25) is 0 Å². The van der Waals surface area contributed by atoms with Crippen LogP contribution in [0.15, 0.2) is 30.3 Å². The summed E-state index contributed by atoms with van der Waals surface area (Å²) in [5.41, 5.74) is 5.57. The Morgan fingerprint density at radius 3 is 2.32 bits per heavy atom. The van der Waals surface area contributed by atoms with Crippen LogP contribution in [0.1, 0.15) is 19.3 Å². The van der Waals surface area contributed by atoms with Gasteiger partial charge in [-0.05, 0) is 51.2 Å². The van der Waals surface area contributed by atoms with E-state index in [1.54, 1.807) is 0 Å². The van der Waals surface area contributed by atoms with Crippen LogP contribution in [0.5, 0.6) is 5.75 Å². The smallest absolute Gasteiger partial charge is 0.307 e. The SMILES string of the molecule is NCCCN1CCN(CCCNCCC(=O)OCCOc2ccccc2)CC1. The van der Waals surface area contributed by atoms with Crippen molar-refractivity contribution in [1.82, 2.24) is 15.1 Å². The highest BCUT2D eigenvalue weighted by Crippen LogP contribution is 2.07. The second-order valence-electron chi connectivity index (χ2n) is 7.06. The number of piperazine rings is 1. The summed E-state index contributed by atoms with van der Waals surface area (Å²) in [6.45, 7) is 9.83. The summed E-state index contributed by atoms with van der Waals surface area (Å²) in [5, 5.41) is 3.33. The van der Waals surface area contributed by atoms with Gasteiger partial charge >= 0.3 is 5.97 Å². The first kappa shape index (κ1) is 22.6. The molecule has 0 saturated carbocycles. The zero-order valence-electron chi connectivity index (χ0n) is 17.0. The Hall–Kier alpha value is -1.67. The van der Waals surface area contributed by atoms with E-state index in [1.165, 1.54) is 0 Å². The summed E-state index contributed by atoms with van der Waals surface area (Å²) < 4.78 is 10.7. The van der Waals surface area contributed by atoms with Crippen LogP contribution in [0.4, 0.5) is 0 Å². The van der Waals surface area contributed by atoms with Crippen LogP contribution in [0, 0.1) is 0 Å². The van der Waals surface area contributed by atoms with Gasteiger partial charge < -0.3 is 30.3 Å². The summed E-state index contributed by atoms with van der Waals surface area (Å²) in [7, 11) is 0. The maximum absolute atomic E-state index is 11.7. The van der Waals surface area contributed by atoms with Crippen molar-refractivity contribution in [3.63, 3.8) is 0 Å². The Labute approximate surface area is 169 Å². The van der Waals surface area contributed by atoms with Gasteiger partial charge in [0.15, 0.2) is 0 Å². The number of carbonyl (C=O) groups is 1. The number of hydrogen-bond donors (Lipinski definition) is 2. The van der Waals surface area contributed by atoms with Gasteiger partial charge in [-0.3, -0.25) is 4.79 Å². The number of carbonyl (C=O) groups excluding carboxylic acids is 1. The van der Waals surface area contributed by atoms with Crippen LogP contribution in [-0.4, -0.2) is 87.9 Å². The van der Waals surface area contributed by atoms with Crippen LogP contribution < -0.4 is 15.8 Å².